The van der Waals surface area contributed by atoms with Crippen LogP contribution in [0.15, 0.2) is 0 Å². The summed E-state index contributed by atoms with van der Waals surface area (Å²) in [5.74, 6) is -0.659. The third-order valence-corrected chi connectivity index (χ3v) is 3.32. The minimum atomic E-state index is -0.490. The van der Waals surface area contributed by atoms with Gasteiger partial charge in [-0.25, -0.2) is 0 Å². The molecule has 1 aliphatic heterocycles. The van der Waals surface area contributed by atoms with Gasteiger partial charge in [0.05, 0.1) is 11.5 Å². The van der Waals surface area contributed by atoms with Crippen molar-refractivity contribution < 1.29 is 9.59 Å². The fourth-order valence-corrected chi connectivity index (χ4v) is 1.70. The monoisotopic (exact) mass is 222 g/mol. The Labute approximate surface area is 96.2 Å². The highest BCUT2D eigenvalue weighted by molar-refractivity contribution is 6.04. The van der Waals surface area contributed by atoms with Gasteiger partial charge in [-0.2, -0.15) is 5.26 Å². The lowest BCUT2D eigenvalue weighted by molar-refractivity contribution is -0.140. The number of likely N-dealkylation sites (tertiary alicyclic amines) is 1. The molecule has 0 bridgehead atoms. The highest BCUT2D eigenvalue weighted by atomic mass is 16.2. The van der Waals surface area contributed by atoms with Crippen LogP contribution in [-0.4, -0.2) is 23.3 Å². The van der Waals surface area contributed by atoms with Gasteiger partial charge >= 0.3 is 0 Å². The molecule has 1 fully saturated rings. The van der Waals surface area contributed by atoms with Gasteiger partial charge in [-0.05, 0) is 20.3 Å². The molecule has 4 nitrogen and oxygen atoms in total. The van der Waals surface area contributed by atoms with Crippen molar-refractivity contribution in [3.05, 3.63) is 0 Å². The molecule has 0 aromatic rings. The predicted molar refractivity (Wildman–Crippen MR) is 59.1 cm³/mol. The lowest BCUT2D eigenvalue weighted by atomic mass is 9.91. The summed E-state index contributed by atoms with van der Waals surface area (Å²) in [5, 5.41) is 8.87. The van der Waals surface area contributed by atoms with Gasteiger partial charge in [0.25, 0.3) is 0 Å². The number of amides is 2. The number of hydrogen-bond acceptors (Lipinski definition) is 3. The summed E-state index contributed by atoms with van der Waals surface area (Å²) in [6.45, 7) is 7.53. The van der Waals surface area contributed by atoms with Crippen LogP contribution >= 0.6 is 0 Å². The molecule has 2 atom stereocenters. The molecule has 1 rings (SSSR count). The van der Waals surface area contributed by atoms with Crippen LogP contribution in [0.4, 0.5) is 0 Å². The van der Waals surface area contributed by atoms with E-state index in [2.05, 4.69) is 6.07 Å². The summed E-state index contributed by atoms with van der Waals surface area (Å²) in [5.41, 5.74) is -0.490. The maximum absolute atomic E-state index is 11.8. The number of rotatable bonds is 3. The van der Waals surface area contributed by atoms with Crippen LogP contribution in [0.3, 0.4) is 0 Å². The average molecular weight is 222 g/mol. The van der Waals surface area contributed by atoms with E-state index in [1.807, 2.05) is 13.8 Å². The number of imide groups is 1. The molecule has 1 aliphatic rings. The first kappa shape index (κ1) is 12.7. The Hall–Kier alpha value is -1.37. The Kier molecular flexibility index (Phi) is 3.37. The SMILES string of the molecule is CC1C(=O)N(CCC(C)(C)C#N)C(=O)C1C. The topological polar surface area (TPSA) is 61.2 Å². The highest BCUT2D eigenvalue weighted by Crippen LogP contribution is 2.27. The summed E-state index contributed by atoms with van der Waals surface area (Å²) >= 11 is 0. The number of nitriles is 1. The molecule has 0 aliphatic carbocycles. The van der Waals surface area contributed by atoms with Gasteiger partial charge in [0.1, 0.15) is 0 Å². The number of carbonyl (C=O) groups excluding carboxylic acids is 2. The zero-order valence-corrected chi connectivity index (χ0v) is 10.3. The van der Waals surface area contributed by atoms with Gasteiger partial charge in [-0.15, -0.1) is 0 Å². The van der Waals surface area contributed by atoms with Crippen molar-refractivity contribution in [3.63, 3.8) is 0 Å². The third-order valence-electron chi connectivity index (χ3n) is 3.32. The standard InChI is InChI=1S/C12H18N2O2/c1-8-9(2)11(16)14(10(8)15)6-5-12(3,4)7-13/h8-9H,5-6H2,1-4H3. The molecule has 4 heteroatoms. The van der Waals surface area contributed by atoms with Crippen LogP contribution < -0.4 is 0 Å². The summed E-state index contributed by atoms with van der Waals surface area (Å²) in [6, 6.07) is 2.17. The van der Waals surface area contributed by atoms with Gasteiger partial charge < -0.3 is 0 Å². The van der Waals surface area contributed by atoms with Gasteiger partial charge in [-0.1, -0.05) is 13.8 Å². The van der Waals surface area contributed by atoms with Gasteiger partial charge in [0, 0.05) is 18.4 Å². The fraction of sp³-hybridized carbons (Fsp3) is 0.750. The van der Waals surface area contributed by atoms with E-state index >= 15 is 0 Å². The largest absolute Gasteiger partial charge is 0.282 e. The second-order valence-electron chi connectivity index (χ2n) is 5.15. The maximum atomic E-state index is 11.8. The lowest BCUT2D eigenvalue weighted by Crippen LogP contribution is -2.33. The van der Waals surface area contributed by atoms with Crippen LogP contribution in [0.2, 0.25) is 0 Å². The van der Waals surface area contributed by atoms with Crippen LogP contribution in [0, 0.1) is 28.6 Å². The predicted octanol–water partition coefficient (Wildman–Crippen LogP) is 1.57. The maximum Gasteiger partial charge on any atom is 0.232 e. The quantitative estimate of drug-likeness (QED) is 0.681. The number of carbonyl (C=O) groups is 2. The minimum Gasteiger partial charge on any atom is -0.282 e. The molecule has 2 unspecified atom stereocenters. The smallest absolute Gasteiger partial charge is 0.232 e. The van der Waals surface area contributed by atoms with Crippen molar-refractivity contribution in [2.24, 2.45) is 17.3 Å². The van der Waals surface area contributed by atoms with E-state index in [1.54, 1.807) is 13.8 Å². The first-order chi connectivity index (χ1) is 7.30. The number of nitrogens with zero attached hydrogens (tertiary/aromatic N) is 2. The Morgan fingerprint density at radius 2 is 1.69 bits per heavy atom. The first-order valence-electron chi connectivity index (χ1n) is 5.56. The lowest BCUT2D eigenvalue weighted by Gasteiger charge is -2.20. The van der Waals surface area contributed by atoms with Crippen molar-refractivity contribution in [2.75, 3.05) is 6.54 Å². The van der Waals surface area contributed by atoms with E-state index in [1.165, 1.54) is 4.90 Å². The van der Waals surface area contributed by atoms with Crippen molar-refractivity contribution in [3.8, 4) is 6.07 Å². The normalized spacial score (nSPS) is 26.1. The molecular weight excluding hydrogens is 204 g/mol. The van der Waals surface area contributed by atoms with E-state index < -0.39 is 5.41 Å². The summed E-state index contributed by atoms with van der Waals surface area (Å²) in [7, 11) is 0. The second-order valence-corrected chi connectivity index (χ2v) is 5.15. The van der Waals surface area contributed by atoms with Crippen molar-refractivity contribution in [1.29, 1.82) is 5.26 Å². The van der Waals surface area contributed by atoms with E-state index in [0.29, 0.717) is 13.0 Å². The van der Waals surface area contributed by atoms with E-state index in [4.69, 9.17) is 5.26 Å². The van der Waals surface area contributed by atoms with E-state index in [-0.39, 0.29) is 23.7 Å². The van der Waals surface area contributed by atoms with Crippen LogP contribution in [0.1, 0.15) is 34.1 Å². The van der Waals surface area contributed by atoms with E-state index in [9.17, 15) is 9.59 Å². The Morgan fingerprint density at radius 3 is 2.06 bits per heavy atom. The van der Waals surface area contributed by atoms with E-state index in [0.717, 1.165) is 0 Å². The van der Waals surface area contributed by atoms with Gasteiger partial charge in [0.2, 0.25) is 11.8 Å². The molecule has 1 saturated heterocycles. The molecule has 1 heterocycles. The molecule has 0 aromatic carbocycles. The highest BCUT2D eigenvalue weighted by Gasteiger charge is 2.42. The second kappa shape index (κ2) is 4.25. The third kappa shape index (κ3) is 2.24. The van der Waals surface area contributed by atoms with Crippen LogP contribution in [0.25, 0.3) is 0 Å². The van der Waals surface area contributed by atoms with Gasteiger partial charge in [-0.3, -0.25) is 14.5 Å². The molecule has 0 radical (unpaired) electrons. The zero-order chi connectivity index (χ0) is 12.5. The Morgan fingerprint density at radius 1 is 1.25 bits per heavy atom. The Balaban J connectivity index is 2.67. The molecule has 0 N–H and O–H groups in total. The molecule has 16 heavy (non-hydrogen) atoms. The molecular formula is C12H18N2O2. The number of hydrogen-bond donors (Lipinski definition) is 0. The van der Waals surface area contributed by atoms with Crippen molar-refractivity contribution in [2.45, 2.75) is 34.1 Å². The summed E-state index contributed by atoms with van der Waals surface area (Å²) < 4.78 is 0. The summed E-state index contributed by atoms with van der Waals surface area (Å²) in [4.78, 5) is 24.8. The van der Waals surface area contributed by atoms with Crippen LogP contribution in [-0.2, 0) is 9.59 Å². The molecule has 2 amide bonds. The first-order valence-corrected chi connectivity index (χ1v) is 5.56. The Bertz CT molecular complexity index is 335. The molecule has 88 valence electrons. The minimum absolute atomic E-state index is 0.105. The van der Waals surface area contributed by atoms with Gasteiger partial charge in [0.15, 0.2) is 0 Å². The van der Waals surface area contributed by atoms with Crippen LogP contribution in [0.5, 0.6) is 0 Å². The molecule has 0 saturated carbocycles. The van der Waals surface area contributed by atoms with Crippen molar-refractivity contribution in [1.82, 2.24) is 4.90 Å². The summed E-state index contributed by atoms with van der Waals surface area (Å²) in [6.07, 6.45) is 0.528. The van der Waals surface area contributed by atoms with Crippen molar-refractivity contribution >= 4 is 11.8 Å². The molecule has 0 aromatic heterocycles. The fourth-order valence-electron chi connectivity index (χ4n) is 1.70. The molecule has 0 spiro atoms. The average Bonchev–Trinajstić information content (AvgIpc) is 2.42. The zero-order valence-electron chi connectivity index (χ0n) is 10.3.